The average Bonchev–Trinajstić information content (AvgIpc) is 2.47. The van der Waals surface area contributed by atoms with Crippen molar-refractivity contribution in [2.24, 2.45) is 0 Å². The fourth-order valence-electron chi connectivity index (χ4n) is 2.32. The van der Waals surface area contributed by atoms with Crippen molar-refractivity contribution in [2.45, 2.75) is 19.4 Å². The number of rotatable bonds is 6. The first kappa shape index (κ1) is 16.3. The van der Waals surface area contributed by atoms with Gasteiger partial charge >= 0.3 is 0 Å². The first-order valence-electron chi connectivity index (χ1n) is 6.80. The number of nitrogens with zero attached hydrogens (tertiary/aromatic N) is 1. The predicted octanol–water partition coefficient (Wildman–Crippen LogP) is 4.40. The number of likely N-dealkylation sites (N-methyl/N-ethyl adjacent to an activating group) is 1. The number of hydrogen-bond acceptors (Lipinski definition) is 3. The average molecular weight is 370 g/mol. The van der Waals surface area contributed by atoms with Crippen molar-refractivity contribution in [1.29, 1.82) is 0 Å². The van der Waals surface area contributed by atoms with Gasteiger partial charge in [-0.2, -0.15) is 0 Å². The zero-order chi connectivity index (χ0) is 15.2. The Bertz CT molecular complexity index is 607. The highest BCUT2D eigenvalue weighted by molar-refractivity contribution is 9.10. The van der Waals surface area contributed by atoms with Gasteiger partial charge < -0.3 is 10.1 Å². The third-order valence-corrected chi connectivity index (χ3v) is 3.89. The van der Waals surface area contributed by atoms with Gasteiger partial charge in [-0.05, 0) is 58.7 Å². The Balaban J connectivity index is 2.32. The molecular weight excluding hydrogens is 352 g/mol. The van der Waals surface area contributed by atoms with Gasteiger partial charge in [-0.15, -0.1) is 0 Å². The number of halogens is 2. The topological polar surface area (TPSA) is 34.2 Å². The number of hydrogen-bond donors (Lipinski definition) is 1. The number of methoxy groups -OCH3 is 1. The fourth-order valence-corrected chi connectivity index (χ4v) is 2.91. The molecule has 1 aromatic heterocycles. The van der Waals surface area contributed by atoms with Gasteiger partial charge in [0.05, 0.1) is 7.11 Å². The molecule has 112 valence electrons. The molecule has 1 heterocycles. The van der Waals surface area contributed by atoms with Crippen LogP contribution in [0.3, 0.4) is 0 Å². The fraction of sp³-hybridized carbons (Fsp3) is 0.312. The van der Waals surface area contributed by atoms with E-state index in [1.165, 1.54) is 0 Å². The zero-order valence-electron chi connectivity index (χ0n) is 12.1. The molecular formula is C16H18BrClN2O. The van der Waals surface area contributed by atoms with E-state index in [0.29, 0.717) is 5.02 Å². The van der Waals surface area contributed by atoms with E-state index < -0.39 is 0 Å². The minimum absolute atomic E-state index is 0.125. The Labute approximate surface area is 138 Å². The summed E-state index contributed by atoms with van der Waals surface area (Å²) < 4.78 is 6.45. The summed E-state index contributed by atoms with van der Waals surface area (Å²) in [7, 11) is 1.68. The van der Waals surface area contributed by atoms with Crippen molar-refractivity contribution in [3.05, 3.63) is 57.3 Å². The molecule has 0 spiro atoms. The third-order valence-electron chi connectivity index (χ3n) is 3.22. The molecule has 1 atom stereocenters. The van der Waals surface area contributed by atoms with Gasteiger partial charge in [-0.25, -0.2) is 0 Å². The Kier molecular flexibility index (Phi) is 6.03. The van der Waals surface area contributed by atoms with Crippen LogP contribution < -0.4 is 10.1 Å². The zero-order valence-corrected chi connectivity index (χ0v) is 14.4. The molecule has 2 aromatic rings. The van der Waals surface area contributed by atoms with Crippen LogP contribution in [-0.4, -0.2) is 18.6 Å². The van der Waals surface area contributed by atoms with Gasteiger partial charge in [0.25, 0.3) is 0 Å². The van der Waals surface area contributed by atoms with E-state index >= 15 is 0 Å². The molecule has 0 bridgehead atoms. The van der Waals surface area contributed by atoms with Gasteiger partial charge in [0, 0.05) is 33.5 Å². The lowest BCUT2D eigenvalue weighted by Gasteiger charge is -2.21. The number of benzene rings is 1. The van der Waals surface area contributed by atoms with Crippen molar-refractivity contribution in [3.63, 3.8) is 0 Å². The maximum atomic E-state index is 6.14. The molecule has 0 radical (unpaired) electrons. The normalized spacial score (nSPS) is 12.2. The number of nitrogens with one attached hydrogen (secondary N) is 1. The van der Waals surface area contributed by atoms with E-state index in [4.69, 9.17) is 16.3 Å². The number of pyridine rings is 1. The quantitative estimate of drug-likeness (QED) is 0.819. The molecule has 0 saturated heterocycles. The maximum absolute atomic E-state index is 6.14. The minimum atomic E-state index is 0.125. The second kappa shape index (κ2) is 7.78. The van der Waals surface area contributed by atoms with Crippen LogP contribution in [0, 0.1) is 0 Å². The van der Waals surface area contributed by atoms with Crippen LogP contribution in [0.25, 0.3) is 0 Å². The molecule has 1 unspecified atom stereocenters. The van der Waals surface area contributed by atoms with Crippen molar-refractivity contribution in [1.82, 2.24) is 10.3 Å². The Hall–Kier alpha value is -1.10. The SMILES string of the molecule is CCNC(Cc1cncc(Br)c1)c1cc(Cl)ccc1OC. The molecule has 5 heteroatoms. The largest absolute Gasteiger partial charge is 0.496 e. The highest BCUT2D eigenvalue weighted by Gasteiger charge is 2.16. The Morgan fingerprint density at radius 1 is 1.33 bits per heavy atom. The summed E-state index contributed by atoms with van der Waals surface area (Å²) in [4.78, 5) is 4.22. The third kappa shape index (κ3) is 4.43. The van der Waals surface area contributed by atoms with Gasteiger partial charge in [-0.1, -0.05) is 18.5 Å². The molecule has 0 fully saturated rings. The van der Waals surface area contributed by atoms with Crippen LogP contribution >= 0.6 is 27.5 Å². The molecule has 21 heavy (non-hydrogen) atoms. The van der Waals surface area contributed by atoms with E-state index in [0.717, 1.165) is 34.3 Å². The number of aromatic nitrogens is 1. The monoisotopic (exact) mass is 368 g/mol. The van der Waals surface area contributed by atoms with E-state index in [2.05, 4.69) is 39.2 Å². The highest BCUT2D eigenvalue weighted by Crippen LogP contribution is 2.30. The van der Waals surface area contributed by atoms with Crippen LogP contribution in [0.5, 0.6) is 5.75 Å². The Morgan fingerprint density at radius 2 is 2.14 bits per heavy atom. The second-order valence-corrected chi connectivity index (χ2v) is 6.06. The molecule has 0 aliphatic rings. The van der Waals surface area contributed by atoms with Crippen LogP contribution in [0.4, 0.5) is 0 Å². The molecule has 1 N–H and O–H groups in total. The molecule has 1 aromatic carbocycles. The van der Waals surface area contributed by atoms with E-state index in [-0.39, 0.29) is 6.04 Å². The Morgan fingerprint density at radius 3 is 2.81 bits per heavy atom. The summed E-state index contributed by atoms with van der Waals surface area (Å²) in [5.74, 6) is 0.841. The smallest absolute Gasteiger partial charge is 0.123 e. The summed E-state index contributed by atoms with van der Waals surface area (Å²) in [6, 6.07) is 7.90. The first-order valence-corrected chi connectivity index (χ1v) is 7.97. The van der Waals surface area contributed by atoms with Crippen molar-refractivity contribution in [2.75, 3.05) is 13.7 Å². The van der Waals surface area contributed by atoms with Gasteiger partial charge in [0.2, 0.25) is 0 Å². The van der Waals surface area contributed by atoms with Crippen LogP contribution in [0.1, 0.15) is 24.1 Å². The summed E-state index contributed by atoms with van der Waals surface area (Å²) in [5, 5.41) is 4.20. The summed E-state index contributed by atoms with van der Waals surface area (Å²) >= 11 is 9.60. The molecule has 2 rings (SSSR count). The molecule has 0 saturated carbocycles. The van der Waals surface area contributed by atoms with E-state index in [1.54, 1.807) is 13.3 Å². The molecule has 3 nitrogen and oxygen atoms in total. The summed E-state index contributed by atoms with van der Waals surface area (Å²) in [6.45, 7) is 2.95. The van der Waals surface area contributed by atoms with Crippen LogP contribution in [0.2, 0.25) is 5.02 Å². The van der Waals surface area contributed by atoms with Crippen molar-refractivity contribution >= 4 is 27.5 Å². The highest BCUT2D eigenvalue weighted by atomic mass is 79.9. The molecule has 0 aliphatic carbocycles. The first-order chi connectivity index (χ1) is 10.1. The second-order valence-electron chi connectivity index (χ2n) is 4.71. The van der Waals surface area contributed by atoms with Crippen molar-refractivity contribution in [3.8, 4) is 5.75 Å². The standard InChI is InChI=1S/C16H18BrClN2O/c1-3-20-15(7-11-6-12(17)10-19-9-11)14-8-13(18)4-5-16(14)21-2/h4-6,8-10,15,20H,3,7H2,1-2H3. The van der Waals surface area contributed by atoms with E-state index in [9.17, 15) is 0 Å². The molecule has 0 aliphatic heterocycles. The lowest BCUT2D eigenvalue weighted by molar-refractivity contribution is 0.399. The van der Waals surface area contributed by atoms with Crippen molar-refractivity contribution < 1.29 is 4.74 Å². The maximum Gasteiger partial charge on any atom is 0.123 e. The summed E-state index contributed by atoms with van der Waals surface area (Å²) in [5.41, 5.74) is 2.21. The number of ether oxygens (including phenoxy) is 1. The lowest BCUT2D eigenvalue weighted by atomic mass is 9.99. The van der Waals surface area contributed by atoms with Gasteiger partial charge in [-0.3, -0.25) is 4.98 Å². The van der Waals surface area contributed by atoms with E-state index in [1.807, 2.05) is 24.4 Å². The van der Waals surface area contributed by atoms with Gasteiger partial charge in [0.1, 0.15) is 5.75 Å². The summed E-state index contributed by atoms with van der Waals surface area (Å²) in [6.07, 6.45) is 4.48. The van der Waals surface area contributed by atoms with Gasteiger partial charge in [0.15, 0.2) is 0 Å². The lowest BCUT2D eigenvalue weighted by Crippen LogP contribution is -2.23. The molecule has 0 amide bonds. The predicted molar refractivity (Wildman–Crippen MR) is 90.1 cm³/mol. The van der Waals surface area contributed by atoms with Crippen LogP contribution in [-0.2, 0) is 6.42 Å². The minimum Gasteiger partial charge on any atom is -0.496 e. The van der Waals surface area contributed by atoms with Crippen LogP contribution in [0.15, 0.2) is 41.1 Å².